The van der Waals surface area contributed by atoms with E-state index in [1.165, 1.54) is 0 Å². The highest BCUT2D eigenvalue weighted by atomic mass is 28.4. The van der Waals surface area contributed by atoms with E-state index in [-0.39, 0.29) is 6.42 Å². The van der Waals surface area contributed by atoms with Crippen molar-refractivity contribution >= 4 is 15.9 Å². The molecule has 0 radical (unpaired) electrons. The Bertz CT molecular complexity index is 859. The van der Waals surface area contributed by atoms with Gasteiger partial charge in [0.25, 0.3) is 0 Å². The summed E-state index contributed by atoms with van der Waals surface area (Å²) in [7, 11) is -7.11. The maximum Gasteiger partial charge on any atom is 0.602 e. The maximum atomic E-state index is 14.3. The van der Waals surface area contributed by atoms with E-state index in [1.54, 1.807) is 36.4 Å². The minimum atomic E-state index is -4.39. The van der Waals surface area contributed by atoms with Crippen LogP contribution in [0.4, 0.5) is 8.63 Å². The van der Waals surface area contributed by atoms with Crippen molar-refractivity contribution in [3.63, 3.8) is 0 Å². The lowest BCUT2D eigenvalue weighted by Crippen LogP contribution is -2.46. The van der Waals surface area contributed by atoms with Crippen molar-refractivity contribution in [3.05, 3.63) is 65.7 Å². The van der Waals surface area contributed by atoms with E-state index in [9.17, 15) is 8.63 Å². The van der Waals surface area contributed by atoms with Gasteiger partial charge in [0.05, 0.1) is 6.61 Å². The SMILES string of the molecule is CCO[Si](CCCOc1cccc(C2CC(c3ccccc3)O[B-](F)(F)O2)c1)(OCC)OCC. The lowest BCUT2D eigenvalue weighted by Gasteiger charge is -2.42. The Kier molecular flexibility index (Phi) is 10.1. The molecule has 1 heterocycles. The average molecular weight is 495 g/mol. The first kappa shape index (κ1) is 26.8. The fourth-order valence-electron chi connectivity index (χ4n) is 4.10. The summed E-state index contributed by atoms with van der Waals surface area (Å²) in [5.41, 5.74) is 1.33. The highest BCUT2D eigenvalue weighted by molar-refractivity contribution is 6.60. The zero-order chi connectivity index (χ0) is 24.4. The molecule has 0 spiro atoms. The van der Waals surface area contributed by atoms with Gasteiger partial charge in [0, 0.05) is 44.5 Å². The third-order valence-electron chi connectivity index (χ3n) is 5.46. The summed E-state index contributed by atoms with van der Waals surface area (Å²) in [6.07, 6.45) is -0.572. The van der Waals surface area contributed by atoms with Crippen molar-refractivity contribution < 1.29 is 36.0 Å². The van der Waals surface area contributed by atoms with E-state index in [2.05, 4.69) is 0 Å². The second-order valence-corrected chi connectivity index (χ2v) is 10.7. The van der Waals surface area contributed by atoms with Gasteiger partial charge in [-0.2, -0.15) is 0 Å². The van der Waals surface area contributed by atoms with Crippen LogP contribution in [0.25, 0.3) is 0 Å². The summed E-state index contributed by atoms with van der Waals surface area (Å²) in [6.45, 7) is 7.77. The zero-order valence-electron chi connectivity index (χ0n) is 20.1. The van der Waals surface area contributed by atoms with Crippen LogP contribution in [0.15, 0.2) is 54.6 Å². The molecule has 2 unspecified atom stereocenters. The Morgan fingerprint density at radius 3 is 2.06 bits per heavy atom. The van der Waals surface area contributed by atoms with Gasteiger partial charge in [0.2, 0.25) is 0 Å². The van der Waals surface area contributed by atoms with Crippen LogP contribution in [0.5, 0.6) is 5.75 Å². The summed E-state index contributed by atoms with van der Waals surface area (Å²) < 4.78 is 62.1. The minimum absolute atomic E-state index is 0.288. The topological polar surface area (TPSA) is 55.4 Å². The number of hydrogen-bond acceptors (Lipinski definition) is 6. The first-order chi connectivity index (χ1) is 16.4. The van der Waals surface area contributed by atoms with Crippen molar-refractivity contribution in [2.75, 3.05) is 26.4 Å². The molecule has 3 rings (SSSR count). The van der Waals surface area contributed by atoms with Gasteiger partial charge in [-0.3, -0.25) is 0 Å². The third-order valence-corrected chi connectivity index (χ3v) is 8.61. The Morgan fingerprint density at radius 1 is 0.853 bits per heavy atom. The van der Waals surface area contributed by atoms with Gasteiger partial charge in [-0.1, -0.05) is 42.5 Å². The zero-order valence-corrected chi connectivity index (χ0v) is 21.1. The van der Waals surface area contributed by atoms with Crippen molar-refractivity contribution in [3.8, 4) is 5.75 Å². The van der Waals surface area contributed by atoms with Gasteiger partial charge in [0.15, 0.2) is 0 Å². The van der Waals surface area contributed by atoms with Crippen molar-refractivity contribution in [1.82, 2.24) is 0 Å². The van der Waals surface area contributed by atoms with Gasteiger partial charge in [-0.05, 0) is 50.5 Å². The summed E-state index contributed by atoms with van der Waals surface area (Å²) in [4.78, 5) is 0. The highest BCUT2D eigenvalue weighted by Crippen LogP contribution is 2.42. The molecule has 34 heavy (non-hydrogen) atoms. The summed E-state index contributed by atoms with van der Waals surface area (Å²) in [5, 5.41) is 0. The van der Waals surface area contributed by atoms with E-state index in [1.807, 2.05) is 39.0 Å². The Morgan fingerprint density at radius 2 is 1.44 bits per heavy atom. The fourth-order valence-corrected chi connectivity index (χ4v) is 6.68. The molecule has 0 amide bonds. The third kappa shape index (κ3) is 7.59. The number of hydrogen-bond donors (Lipinski definition) is 0. The monoisotopic (exact) mass is 495 g/mol. The first-order valence-electron chi connectivity index (χ1n) is 12.0. The molecule has 188 valence electrons. The molecule has 10 heteroatoms. The molecule has 6 nitrogen and oxygen atoms in total. The van der Waals surface area contributed by atoms with Gasteiger partial charge in [-0.25, -0.2) is 0 Å². The van der Waals surface area contributed by atoms with Crippen molar-refractivity contribution in [2.24, 2.45) is 0 Å². The van der Waals surface area contributed by atoms with Crippen LogP contribution >= 0.6 is 0 Å². The van der Waals surface area contributed by atoms with E-state index in [0.29, 0.717) is 55.8 Å². The van der Waals surface area contributed by atoms with Gasteiger partial charge < -0.3 is 36.0 Å². The predicted octanol–water partition coefficient (Wildman–Crippen LogP) is 6.10. The van der Waals surface area contributed by atoms with Crippen LogP contribution in [0.2, 0.25) is 6.04 Å². The lowest BCUT2D eigenvalue weighted by atomic mass is 9.93. The molecule has 2 aromatic rings. The van der Waals surface area contributed by atoms with E-state index in [4.69, 9.17) is 27.3 Å². The number of benzene rings is 2. The molecule has 0 aromatic heterocycles. The van der Waals surface area contributed by atoms with Crippen LogP contribution < -0.4 is 4.74 Å². The molecule has 1 saturated heterocycles. The first-order valence-corrected chi connectivity index (χ1v) is 13.9. The second-order valence-electron chi connectivity index (χ2n) is 7.94. The summed E-state index contributed by atoms with van der Waals surface area (Å²) in [6, 6.07) is 16.8. The summed E-state index contributed by atoms with van der Waals surface area (Å²) >= 11 is 0. The number of ether oxygens (including phenoxy) is 1. The maximum absolute atomic E-state index is 14.3. The van der Waals surface area contributed by atoms with Crippen molar-refractivity contribution in [2.45, 2.75) is 51.9 Å². The summed E-state index contributed by atoms with van der Waals surface area (Å²) in [5.74, 6) is 0.594. The molecule has 1 aliphatic heterocycles. The van der Waals surface area contributed by atoms with Gasteiger partial charge in [-0.15, -0.1) is 0 Å². The largest absolute Gasteiger partial charge is 0.602 e. The molecule has 0 bridgehead atoms. The standard InChI is InChI=1S/C24H34BF2O6Si/c1-4-29-34(30-5-2,31-6-3)17-11-16-28-22-15-10-14-21(18-22)24-19-23(32-25(26,27)33-24)20-12-8-7-9-13-20/h7-10,12-15,18,23-24H,4-6,11,16-17,19H2,1-3H3/q-1. The number of rotatable bonds is 13. The van der Waals surface area contributed by atoms with Gasteiger partial charge in [0.1, 0.15) is 5.75 Å². The molecule has 0 aliphatic carbocycles. The Balaban J connectivity index is 1.62. The molecule has 1 aliphatic rings. The van der Waals surface area contributed by atoms with Crippen LogP contribution in [-0.2, 0) is 22.6 Å². The van der Waals surface area contributed by atoms with Crippen LogP contribution in [0.1, 0.15) is 56.9 Å². The Hall–Kier alpha value is -1.82. The van der Waals surface area contributed by atoms with Crippen molar-refractivity contribution in [1.29, 1.82) is 0 Å². The van der Waals surface area contributed by atoms with E-state index < -0.39 is 28.1 Å². The minimum Gasteiger partial charge on any atom is -0.505 e. The quantitative estimate of drug-likeness (QED) is 0.247. The average Bonchev–Trinajstić information content (AvgIpc) is 2.82. The van der Waals surface area contributed by atoms with E-state index >= 15 is 0 Å². The predicted molar refractivity (Wildman–Crippen MR) is 129 cm³/mol. The molecular formula is C24H34BF2O6Si-. The molecule has 2 atom stereocenters. The smallest absolute Gasteiger partial charge is 0.505 e. The van der Waals surface area contributed by atoms with E-state index in [0.717, 1.165) is 0 Å². The fraction of sp³-hybridized carbons (Fsp3) is 0.500. The number of halogens is 2. The van der Waals surface area contributed by atoms with Gasteiger partial charge >= 0.3 is 15.9 Å². The molecule has 0 saturated carbocycles. The molecule has 1 fully saturated rings. The highest BCUT2D eigenvalue weighted by Gasteiger charge is 2.41. The molecular weight excluding hydrogens is 461 g/mol. The Labute approximate surface area is 201 Å². The van der Waals surface area contributed by atoms with Crippen LogP contribution in [0.3, 0.4) is 0 Å². The lowest BCUT2D eigenvalue weighted by molar-refractivity contribution is -0.0531. The van der Waals surface area contributed by atoms with Crippen LogP contribution in [-0.4, -0.2) is 42.3 Å². The molecule has 0 N–H and O–H groups in total. The normalized spacial score (nSPS) is 20.3. The molecule has 2 aromatic carbocycles. The second kappa shape index (κ2) is 12.8. The van der Waals surface area contributed by atoms with Crippen LogP contribution in [0, 0.1) is 0 Å².